The number of carbonyl (C=O) groups is 1. The van der Waals surface area contributed by atoms with E-state index >= 15 is 0 Å². The third kappa shape index (κ3) is 5.69. The first-order valence-corrected chi connectivity index (χ1v) is 13.5. The van der Waals surface area contributed by atoms with Gasteiger partial charge in [-0.05, 0) is 49.4 Å². The van der Waals surface area contributed by atoms with Gasteiger partial charge in [0.05, 0.1) is 29.4 Å². The zero-order chi connectivity index (χ0) is 24.3. The number of nitrogens with zero attached hydrogens (tertiary/aromatic N) is 3. The first-order valence-electron chi connectivity index (χ1n) is 10.9. The Balaban J connectivity index is 1.54. The molecule has 0 bridgehead atoms. The molecule has 0 aliphatic carbocycles. The molecule has 0 fully saturated rings. The summed E-state index contributed by atoms with van der Waals surface area (Å²) in [5, 5.41) is 10.1. The average molecular weight is 498 g/mol. The Kier molecular flexibility index (Phi) is 7.11. The Morgan fingerprint density at radius 3 is 2.62 bits per heavy atom. The summed E-state index contributed by atoms with van der Waals surface area (Å²) < 4.78 is 29.2. The fraction of sp³-hybridized carbons (Fsp3) is 0.292. The minimum atomic E-state index is -3.48. The number of hydrogen-bond donors (Lipinski definition) is 2. The summed E-state index contributed by atoms with van der Waals surface area (Å²) in [5.74, 6) is -0.408. The number of nitrogens with one attached hydrogen (secondary N) is 2. The van der Waals surface area contributed by atoms with E-state index in [4.69, 9.17) is 0 Å². The van der Waals surface area contributed by atoms with E-state index in [0.29, 0.717) is 28.7 Å². The standard InChI is InChI=1S/C24H27N5O3S2/c1-16(2)28-34(31,32)15-19-8-5-4-7-18(19)12-25-24(30)21-11-17(3)27-23-22(21)13-26-29(23)14-20-9-6-10-33-20/h4-11,13,16,28H,12,14-15H2,1-3H3,(H,25,30). The van der Waals surface area contributed by atoms with Crippen molar-refractivity contribution in [3.8, 4) is 0 Å². The van der Waals surface area contributed by atoms with E-state index < -0.39 is 10.0 Å². The molecular weight excluding hydrogens is 470 g/mol. The van der Waals surface area contributed by atoms with Crippen LogP contribution in [0.15, 0.2) is 54.0 Å². The van der Waals surface area contributed by atoms with Gasteiger partial charge in [0, 0.05) is 23.2 Å². The van der Waals surface area contributed by atoms with Crippen LogP contribution >= 0.6 is 11.3 Å². The van der Waals surface area contributed by atoms with Gasteiger partial charge in [-0.2, -0.15) is 5.10 Å². The Morgan fingerprint density at radius 1 is 1.15 bits per heavy atom. The van der Waals surface area contributed by atoms with Gasteiger partial charge in [0.15, 0.2) is 5.65 Å². The van der Waals surface area contributed by atoms with Crippen LogP contribution in [0.4, 0.5) is 0 Å². The normalized spacial score (nSPS) is 11.9. The zero-order valence-electron chi connectivity index (χ0n) is 19.3. The van der Waals surface area contributed by atoms with Crippen molar-refractivity contribution in [2.45, 2.75) is 45.7 Å². The van der Waals surface area contributed by atoms with Crippen LogP contribution in [0.5, 0.6) is 0 Å². The van der Waals surface area contributed by atoms with Crippen molar-refractivity contribution in [3.05, 3.63) is 81.3 Å². The molecule has 4 rings (SSSR count). The lowest BCUT2D eigenvalue weighted by molar-refractivity contribution is 0.0952. The number of carbonyl (C=O) groups excluding carboxylic acids is 1. The Morgan fingerprint density at radius 2 is 1.91 bits per heavy atom. The van der Waals surface area contributed by atoms with Gasteiger partial charge in [-0.25, -0.2) is 22.8 Å². The predicted molar refractivity (Wildman–Crippen MR) is 134 cm³/mol. The quantitative estimate of drug-likeness (QED) is 0.368. The number of aromatic nitrogens is 3. The van der Waals surface area contributed by atoms with Crippen molar-refractivity contribution in [1.82, 2.24) is 24.8 Å². The van der Waals surface area contributed by atoms with Crippen LogP contribution in [-0.2, 0) is 28.9 Å². The molecule has 0 saturated heterocycles. The average Bonchev–Trinajstić information content (AvgIpc) is 3.42. The van der Waals surface area contributed by atoms with Crippen LogP contribution in [0.2, 0.25) is 0 Å². The molecule has 178 valence electrons. The van der Waals surface area contributed by atoms with E-state index in [1.54, 1.807) is 54.3 Å². The number of hydrogen-bond acceptors (Lipinski definition) is 6. The topological polar surface area (TPSA) is 106 Å². The highest BCUT2D eigenvalue weighted by molar-refractivity contribution is 7.88. The summed E-state index contributed by atoms with van der Waals surface area (Å²) in [6.45, 7) is 6.21. The molecule has 0 radical (unpaired) electrons. The fourth-order valence-corrected chi connectivity index (χ4v) is 5.95. The SMILES string of the molecule is Cc1cc(C(=O)NCc2ccccc2CS(=O)(=O)NC(C)C)c2cnn(Cc3cccs3)c2n1. The number of pyridine rings is 1. The second kappa shape index (κ2) is 10.0. The fourth-order valence-electron chi connectivity index (χ4n) is 3.77. The van der Waals surface area contributed by atoms with Gasteiger partial charge in [-0.1, -0.05) is 30.3 Å². The lowest BCUT2D eigenvalue weighted by Crippen LogP contribution is -2.32. The van der Waals surface area contributed by atoms with Gasteiger partial charge < -0.3 is 5.32 Å². The Hall–Kier alpha value is -3.08. The number of fused-ring (bicyclic) bond motifs is 1. The van der Waals surface area contributed by atoms with Crippen molar-refractivity contribution in [1.29, 1.82) is 0 Å². The molecule has 0 spiro atoms. The van der Waals surface area contributed by atoms with Crippen LogP contribution in [0.3, 0.4) is 0 Å². The van der Waals surface area contributed by atoms with E-state index in [-0.39, 0.29) is 24.2 Å². The van der Waals surface area contributed by atoms with Crippen molar-refractivity contribution in [2.75, 3.05) is 0 Å². The number of amides is 1. The highest BCUT2D eigenvalue weighted by Crippen LogP contribution is 2.21. The maximum atomic E-state index is 13.1. The minimum Gasteiger partial charge on any atom is -0.348 e. The van der Waals surface area contributed by atoms with Crippen LogP contribution in [0, 0.1) is 6.92 Å². The molecule has 1 amide bonds. The number of thiophene rings is 1. The second-order valence-corrected chi connectivity index (χ2v) is 11.2. The number of sulfonamides is 1. The zero-order valence-corrected chi connectivity index (χ0v) is 20.9. The van der Waals surface area contributed by atoms with E-state index in [1.807, 2.05) is 36.6 Å². The molecule has 0 unspecified atom stereocenters. The third-order valence-electron chi connectivity index (χ3n) is 5.19. The maximum Gasteiger partial charge on any atom is 0.252 e. The van der Waals surface area contributed by atoms with Crippen LogP contribution in [-0.4, -0.2) is 35.1 Å². The highest BCUT2D eigenvalue weighted by atomic mass is 32.2. The van der Waals surface area contributed by atoms with E-state index in [2.05, 4.69) is 20.1 Å². The Bertz CT molecular complexity index is 1410. The maximum absolute atomic E-state index is 13.1. The predicted octanol–water partition coefficient (Wildman–Crippen LogP) is 3.61. The van der Waals surface area contributed by atoms with Gasteiger partial charge in [0.2, 0.25) is 10.0 Å². The first-order chi connectivity index (χ1) is 16.2. The summed E-state index contributed by atoms with van der Waals surface area (Å²) >= 11 is 1.64. The molecule has 0 saturated carbocycles. The smallest absolute Gasteiger partial charge is 0.252 e. The molecule has 10 heteroatoms. The lowest BCUT2D eigenvalue weighted by atomic mass is 10.1. The summed E-state index contributed by atoms with van der Waals surface area (Å²) in [5.41, 5.74) is 3.27. The van der Waals surface area contributed by atoms with Gasteiger partial charge in [-0.15, -0.1) is 11.3 Å². The van der Waals surface area contributed by atoms with Gasteiger partial charge >= 0.3 is 0 Å². The van der Waals surface area contributed by atoms with Crippen LogP contribution in [0.1, 0.15) is 45.9 Å². The summed E-state index contributed by atoms with van der Waals surface area (Å²) in [6.07, 6.45) is 1.67. The number of rotatable bonds is 9. The molecule has 0 atom stereocenters. The first kappa shape index (κ1) is 24.1. The third-order valence-corrected chi connectivity index (χ3v) is 7.57. The Labute approximate surface area is 203 Å². The van der Waals surface area contributed by atoms with E-state index in [9.17, 15) is 13.2 Å². The molecule has 8 nitrogen and oxygen atoms in total. The van der Waals surface area contributed by atoms with Crippen LogP contribution < -0.4 is 10.0 Å². The molecule has 3 aromatic heterocycles. The summed E-state index contributed by atoms with van der Waals surface area (Å²) in [4.78, 5) is 18.9. The molecule has 34 heavy (non-hydrogen) atoms. The molecule has 2 N–H and O–H groups in total. The monoisotopic (exact) mass is 497 g/mol. The molecule has 4 aromatic rings. The largest absolute Gasteiger partial charge is 0.348 e. The van der Waals surface area contributed by atoms with E-state index in [0.717, 1.165) is 16.1 Å². The summed E-state index contributed by atoms with van der Waals surface area (Å²) in [7, 11) is -3.48. The highest BCUT2D eigenvalue weighted by Gasteiger charge is 2.18. The van der Waals surface area contributed by atoms with Gasteiger partial charge in [-0.3, -0.25) is 4.79 Å². The molecule has 0 aliphatic rings. The lowest BCUT2D eigenvalue weighted by Gasteiger charge is -2.13. The second-order valence-electron chi connectivity index (χ2n) is 8.41. The molecule has 1 aromatic carbocycles. The number of benzene rings is 1. The molecule has 3 heterocycles. The molecule has 0 aliphatic heterocycles. The summed E-state index contributed by atoms with van der Waals surface area (Å²) in [6, 6.07) is 12.8. The van der Waals surface area contributed by atoms with Crippen molar-refractivity contribution in [3.63, 3.8) is 0 Å². The number of aryl methyl sites for hydroxylation is 1. The van der Waals surface area contributed by atoms with Crippen molar-refractivity contribution in [2.24, 2.45) is 0 Å². The minimum absolute atomic E-state index is 0.147. The van der Waals surface area contributed by atoms with E-state index in [1.165, 1.54) is 0 Å². The molecular formula is C24H27N5O3S2. The van der Waals surface area contributed by atoms with Crippen molar-refractivity contribution < 1.29 is 13.2 Å². The van der Waals surface area contributed by atoms with Crippen LogP contribution in [0.25, 0.3) is 11.0 Å². The van der Waals surface area contributed by atoms with Crippen molar-refractivity contribution >= 4 is 38.3 Å². The van der Waals surface area contributed by atoms with Gasteiger partial charge in [0.25, 0.3) is 5.91 Å². The van der Waals surface area contributed by atoms with Gasteiger partial charge in [0.1, 0.15) is 0 Å².